The summed E-state index contributed by atoms with van der Waals surface area (Å²) in [6.45, 7) is 0.0988. The Kier molecular flexibility index (Phi) is 0.941. The molecule has 5 heteroatoms. The number of nitrogens with zero attached hydrogens (tertiary/aromatic N) is 3. The van der Waals surface area contributed by atoms with Gasteiger partial charge in [0.2, 0.25) is 0 Å². The zero-order chi connectivity index (χ0) is 5.28. The maximum absolute atomic E-state index is 10.1. The molecule has 0 spiro atoms. The van der Waals surface area contributed by atoms with Crippen LogP contribution < -0.4 is 0 Å². The Morgan fingerprint density at radius 3 is 2.71 bits per heavy atom. The van der Waals surface area contributed by atoms with Crippen molar-refractivity contribution < 1.29 is 4.79 Å². The maximum Gasteiger partial charge on any atom is 0.288 e. The van der Waals surface area contributed by atoms with E-state index >= 15 is 0 Å². The van der Waals surface area contributed by atoms with Crippen LogP contribution in [0.5, 0.6) is 0 Å². The summed E-state index contributed by atoms with van der Waals surface area (Å²) in [6.07, 6.45) is 0. The Morgan fingerprint density at radius 2 is 2.57 bits per heavy atom. The Labute approximate surface area is 44.9 Å². The van der Waals surface area contributed by atoms with Gasteiger partial charge in [-0.05, 0) is 0 Å². The summed E-state index contributed by atoms with van der Waals surface area (Å²) in [5.41, 5.74) is 0. The topological polar surface area (TPSA) is 45.0 Å². The molecule has 0 aromatic rings. The number of rotatable bonds is 0. The van der Waals surface area contributed by atoms with Gasteiger partial charge in [-0.15, -0.1) is 0 Å². The van der Waals surface area contributed by atoms with Crippen molar-refractivity contribution >= 4 is 17.7 Å². The van der Waals surface area contributed by atoms with Crippen LogP contribution in [0.15, 0.2) is 10.3 Å². The first-order valence-electron chi connectivity index (χ1n) is 1.67. The Bertz CT molecular complexity index is 122. The van der Waals surface area contributed by atoms with E-state index in [0.29, 0.717) is 0 Å². The number of hydrogen-bond acceptors (Lipinski definition) is 3. The van der Waals surface area contributed by atoms with Crippen LogP contribution in [0.2, 0.25) is 0 Å². The van der Waals surface area contributed by atoms with Gasteiger partial charge in [-0.2, -0.15) is 4.53 Å². The molecule has 0 aromatic carbocycles. The quantitative estimate of drug-likeness (QED) is 0.432. The van der Waals surface area contributed by atoms with Gasteiger partial charge in [0, 0.05) is 11.8 Å². The van der Waals surface area contributed by atoms with Gasteiger partial charge in [-0.25, -0.2) is 0 Å². The second-order valence-electron chi connectivity index (χ2n) is 1.08. The number of carbonyl (C=O) groups is 1. The minimum Gasteiger partial charge on any atom is -0.269 e. The zero-order valence-electron chi connectivity index (χ0n) is 3.33. The number of halogens is 1. The molecule has 1 heterocycles. The first-order chi connectivity index (χ1) is 3.29. The van der Waals surface area contributed by atoms with Crippen molar-refractivity contribution in [2.75, 3.05) is 6.54 Å². The fourth-order valence-electron chi connectivity index (χ4n) is 0.273. The molecule has 0 atom stereocenters. The number of amides is 1. The third-order valence-electron chi connectivity index (χ3n) is 0.519. The highest BCUT2D eigenvalue weighted by Crippen LogP contribution is 2.02. The molecule has 4 nitrogen and oxygen atoms in total. The normalized spacial score (nSPS) is 19.0. The van der Waals surface area contributed by atoms with E-state index in [0.717, 1.165) is 4.53 Å². The molecule has 0 aromatic heterocycles. The van der Waals surface area contributed by atoms with Crippen LogP contribution >= 0.6 is 11.8 Å². The first-order valence-corrected chi connectivity index (χ1v) is 2.00. The molecule has 1 aliphatic rings. The van der Waals surface area contributed by atoms with E-state index in [-0.39, 0.29) is 12.5 Å². The summed E-state index contributed by atoms with van der Waals surface area (Å²) in [5, 5.41) is 6.29. The minimum atomic E-state index is -0.296. The lowest BCUT2D eigenvalue weighted by Crippen LogP contribution is -2.04. The molecule has 0 saturated heterocycles. The van der Waals surface area contributed by atoms with Crippen molar-refractivity contribution in [3.8, 4) is 0 Å². The number of hydrogen-bond donors (Lipinski definition) is 0. The standard InChI is InChI=1S/C2H2ClN3O/c3-6-1-2(7)4-5-6/h1H2. The minimum absolute atomic E-state index is 0.0988. The molecule has 0 unspecified atom stereocenters. The summed E-state index contributed by atoms with van der Waals surface area (Å²) >= 11 is 5.16. The molecule has 1 amide bonds. The van der Waals surface area contributed by atoms with Crippen LogP contribution in [0, 0.1) is 0 Å². The molecule has 0 N–H and O–H groups in total. The molecule has 0 bridgehead atoms. The van der Waals surface area contributed by atoms with Crippen molar-refractivity contribution in [3.63, 3.8) is 0 Å². The second-order valence-corrected chi connectivity index (χ2v) is 1.47. The van der Waals surface area contributed by atoms with Crippen LogP contribution in [0.4, 0.5) is 0 Å². The molecule has 0 saturated carbocycles. The summed E-state index contributed by atoms with van der Waals surface area (Å²) in [4.78, 5) is 10.1. The van der Waals surface area contributed by atoms with E-state index in [2.05, 4.69) is 10.3 Å². The average Bonchev–Trinajstić information content (AvgIpc) is 1.87. The fraction of sp³-hybridized carbons (Fsp3) is 0.500. The van der Waals surface area contributed by atoms with Gasteiger partial charge in [0.25, 0.3) is 5.91 Å². The predicted molar refractivity (Wildman–Crippen MR) is 22.4 cm³/mol. The molecular weight excluding hydrogens is 117 g/mol. The zero-order valence-corrected chi connectivity index (χ0v) is 4.09. The lowest BCUT2D eigenvalue weighted by atomic mass is 10.7. The largest absolute Gasteiger partial charge is 0.288 e. The third-order valence-corrected chi connectivity index (χ3v) is 0.706. The monoisotopic (exact) mass is 119 g/mol. The van der Waals surface area contributed by atoms with Crippen LogP contribution in [0.3, 0.4) is 0 Å². The maximum atomic E-state index is 10.1. The average molecular weight is 120 g/mol. The summed E-state index contributed by atoms with van der Waals surface area (Å²) in [7, 11) is 0. The molecule has 0 radical (unpaired) electrons. The highest BCUT2D eigenvalue weighted by Gasteiger charge is 2.11. The van der Waals surface area contributed by atoms with Crippen LogP contribution in [0.1, 0.15) is 0 Å². The van der Waals surface area contributed by atoms with Crippen LogP contribution in [-0.2, 0) is 4.79 Å². The summed E-state index contributed by atoms with van der Waals surface area (Å²) in [5.74, 6) is -0.296. The number of carbonyl (C=O) groups excluding carboxylic acids is 1. The Hall–Kier alpha value is -0.640. The highest BCUT2D eigenvalue weighted by molar-refractivity contribution is 6.14. The van der Waals surface area contributed by atoms with Gasteiger partial charge in [0.15, 0.2) is 0 Å². The summed E-state index contributed by atoms with van der Waals surface area (Å²) in [6, 6.07) is 0. The lowest BCUT2D eigenvalue weighted by molar-refractivity contribution is -0.116. The Morgan fingerprint density at radius 1 is 1.86 bits per heavy atom. The lowest BCUT2D eigenvalue weighted by Gasteiger charge is -1.90. The third kappa shape index (κ3) is 0.866. The van der Waals surface area contributed by atoms with E-state index in [1.807, 2.05) is 0 Å². The molecule has 1 rings (SSSR count). The molecule has 38 valence electrons. The van der Waals surface area contributed by atoms with E-state index < -0.39 is 0 Å². The molecule has 0 fully saturated rings. The highest BCUT2D eigenvalue weighted by atomic mass is 35.5. The van der Waals surface area contributed by atoms with Gasteiger partial charge in [0.05, 0.1) is 0 Å². The van der Waals surface area contributed by atoms with Crippen molar-refractivity contribution in [2.45, 2.75) is 0 Å². The summed E-state index contributed by atoms with van der Waals surface area (Å²) < 4.78 is 0.961. The van der Waals surface area contributed by atoms with Gasteiger partial charge >= 0.3 is 0 Å². The molecule has 0 aliphatic carbocycles. The predicted octanol–water partition coefficient (Wildman–Crippen LogP) is 0.350. The van der Waals surface area contributed by atoms with Crippen LogP contribution in [0.25, 0.3) is 0 Å². The van der Waals surface area contributed by atoms with E-state index in [9.17, 15) is 4.79 Å². The van der Waals surface area contributed by atoms with Gasteiger partial charge < -0.3 is 0 Å². The molecule has 7 heavy (non-hydrogen) atoms. The van der Waals surface area contributed by atoms with Gasteiger partial charge in [-0.3, -0.25) is 4.79 Å². The van der Waals surface area contributed by atoms with Gasteiger partial charge in [-0.1, -0.05) is 10.3 Å². The smallest absolute Gasteiger partial charge is 0.269 e. The van der Waals surface area contributed by atoms with Crippen molar-refractivity contribution in [1.82, 2.24) is 4.53 Å². The first kappa shape index (κ1) is 4.52. The molecule has 1 aliphatic heterocycles. The Balaban J connectivity index is 2.58. The second kappa shape index (κ2) is 1.46. The van der Waals surface area contributed by atoms with Gasteiger partial charge in [0.1, 0.15) is 6.54 Å². The van der Waals surface area contributed by atoms with E-state index in [4.69, 9.17) is 11.8 Å². The SMILES string of the molecule is O=C1CN(Cl)N=N1. The van der Waals surface area contributed by atoms with Crippen molar-refractivity contribution in [3.05, 3.63) is 0 Å². The van der Waals surface area contributed by atoms with Crippen LogP contribution in [-0.4, -0.2) is 17.0 Å². The van der Waals surface area contributed by atoms with E-state index in [1.54, 1.807) is 0 Å². The van der Waals surface area contributed by atoms with E-state index in [1.165, 1.54) is 0 Å². The van der Waals surface area contributed by atoms with Crippen molar-refractivity contribution in [1.29, 1.82) is 0 Å². The van der Waals surface area contributed by atoms with Crippen molar-refractivity contribution in [2.24, 2.45) is 10.3 Å². The molecular formula is C2H2ClN3O. The fourth-order valence-corrected chi connectivity index (χ4v) is 0.409.